The van der Waals surface area contributed by atoms with Gasteiger partial charge in [0, 0.05) is 31.4 Å². The molecule has 1 saturated carbocycles. The maximum absolute atomic E-state index is 11.8. The van der Waals surface area contributed by atoms with E-state index in [4.69, 9.17) is 40.5 Å². The maximum atomic E-state index is 11.8. The van der Waals surface area contributed by atoms with Crippen molar-refractivity contribution in [3.63, 3.8) is 0 Å². The molecule has 1 N–H and O–H groups in total. The van der Waals surface area contributed by atoms with Crippen LogP contribution < -0.4 is 10.7 Å². The Hall–Kier alpha value is -3.28. The predicted molar refractivity (Wildman–Crippen MR) is 156 cm³/mol. The van der Waals surface area contributed by atoms with Gasteiger partial charge in [-0.2, -0.15) is 4.98 Å². The van der Waals surface area contributed by atoms with E-state index in [1.165, 1.54) is 12.8 Å². The number of nitrogens with one attached hydrogen (secondary N) is 1. The number of imidazole rings is 1. The van der Waals surface area contributed by atoms with Crippen LogP contribution in [0.3, 0.4) is 0 Å². The van der Waals surface area contributed by atoms with Crippen molar-refractivity contribution in [1.82, 2.24) is 29.7 Å². The zero-order chi connectivity index (χ0) is 28.5. The molecule has 1 aliphatic heterocycles. The Bertz CT molecular complexity index is 1540. The lowest BCUT2D eigenvalue weighted by atomic mass is 9.83. The topological polar surface area (TPSA) is 124 Å². The summed E-state index contributed by atoms with van der Waals surface area (Å²) in [5.74, 6) is 1.79. The van der Waals surface area contributed by atoms with E-state index in [-0.39, 0.29) is 23.7 Å². The minimum atomic E-state index is -0.673. The van der Waals surface area contributed by atoms with Crippen molar-refractivity contribution in [2.75, 3.05) is 32.3 Å². The van der Waals surface area contributed by atoms with Crippen molar-refractivity contribution >= 4 is 28.7 Å². The Labute approximate surface area is 243 Å². The van der Waals surface area contributed by atoms with Crippen molar-refractivity contribution in [2.45, 2.75) is 64.1 Å². The molecule has 6 rings (SSSR count). The van der Waals surface area contributed by atoms with Crippen LogP contribution in [0.1, 0.15) is 45.4 Å². The second kappa shape index (κ2) is 11.9. The van der Waals surface area contributed by atoms with Gasteiger partial charge in [0.2, 0.25) is 17.6 Å². The molecule has 12 heteroatoms. The molecular weight excluding hydrogens is 546 g/mol. The zero-order valence-corrected chi connectivity index (χ0v) is 24.4. The van der Waals surface area contributed by atoms with Gasteiger partial charge >= 0.3 is 5.76 Å². The molecule has 1 aromatic carbocycles. The third kappa shape index (κ3) is 5.62. The zero-order valence-electron chi connectivity index (χ0n) is 23.7. The van der Waals surface area contributed by atoms with Crippen molar-refractivity contribution < 1.29 is 14.0 Å². The highest BCUT2D eigenvalue weighted by atomic mass is 35.5. The summed E-state index contributed by atoms with van der Waals surface area (Å²) in [7, 11) is 3.48. The van der Waals surface area contributed by atoms with Gasteiger partial charge in [0.05, 0.1) is 25.3 Å². The Kier molecular flexibility index (Phi) is 8.10. The standard InChI is InChI=1S/C29H36ClN7O4/c1-17-7-9-18(10-8-17)14-36-24-23(19-5-4-6-20(30)13-19)31-26(27-34-29(38)41-35-27)32-25(24)33-28(36)37-21(15-39-2)11-12-22(37)16-40-3/h4-6,13,17-18,21-22H,7-12,14-16H2,1-3H3,(H,34,35,38)/t17?,18?,21-,22-/m0/s1. The van der Waals surface area contributed by atoms with Crippen LogP contribution >= 0.6 is 11.6 Å². The van der Waals surface area contributed by atoms with Crippen LogP contribution in [0.2, 0.25) is 5.02 Å². The first kappa shape index (κ1) is 27.9. The number of nitrogens with zero attached hydrogens (tertiary/aromatic N) is 6. The summed E-state index contributed by atoms with van der Waals surface area (Å²) in [6.45, 7) is 4.31. The highest BCUT2D eigenvalue weighted by molar-refractivity contribution is 6.30. The van der Waals surface area contributed by atoms with Crippen LogP contribution in [-0.4, -0.2) is 69.2 Å². The molecule has 4 aromatic rings. The van der Waals surface area contributed by atoms with E-state index in [1.807, 2.05) is 24.3 Å². The number of benzene rings is 1. The molecule has 0 radical (unpaired) electrons. The third-order valence-electron chi connectivity index (χ3n) is 8.48. The van der Waals surface area contributed by atoms with E-state index >= 15 is 0 Å². The summed E-state index contributed by atoms with van der Waals surface area (Å²) in [5, 5.41) is 4.45. The van der Waals surface area contributed by atoms with E-state index in [9.17, 15) is 4.79 Å². The first-order valence-corrected chi connectivity index (χ1v) is 14.7. The van der Waals surface area contributed by atoms with Crippen LogP contribution in [-0.2, 0) is 16.0 Å². The average molecular weight is 582 g/mol. The van der Waals surface area contributed by atoms with Crippen molar-refractivity contribution in [3.8, 4) is 22.9 Å². The van der Waals surface area contributed by atoms with Gasteiger partial charge in [0.1, 0.15) is 11.2 Å². The number of fused-ring (bicyclic) bond motifs is 1. The number of ether oxygens (including phenoxy) is 2. The maximum Gasteiger partial charge on any atom is 0.439 e. The number of anilines is 1. The Morgan fingerprint density at radius 3 is 2.39 bits per heavy atom. The molecule has 3 aromatic heterocycles. The van der Waals surface area contributed by atoms with Crippen LogP contribution in [0.5, 0.6) is 0 Å². The van der Waals surface area contributed by atoms with E-state index < -0.39 is 5.76 Å². The van der Waals surface area contributed by atoms with Gasteiger partial charge in [-0.15, -0.1) is 0 Å². The summed E-state index contributed by atoms with van der Waals surface area (Å²) >= 11 is 6.45. The van der Waals surface area contributed by atoms with E-state index in [2.05, 4.69) is 26.5 Å². The molecule has 218 valence electrons. The number of hydrogen-bond acceptors (Lipinski definition) is 9. The number of aromatic nitrogens is 6. The molecule has 11 nitrogen and oxygen atoms in total. The largest absolute Gasteiger partial charge is 0.439 e. The van der Waals surface area contributed by atoms with Crippen LogP contribution in [0.4, 0.5) is 5.95 Å². The smallest absolute Gasteiger partial charge is 0.383 e. The SMILES string of the molecule is COC[C@@H]1CC[C@@H](COC)N1c1nc2nc(-c3noc(=O)[nH]3)nc(-c3cccc(Cl)c3)c2n1CC1CCC(C)CC1. The van der Waals surface area contributed by atoms with E-state index in [0.29, 0.717) is 35.5 Å². The van der Waals surface area contributed by atoms with Crippen molar-refractivity contribution in [1.29, 1.82) is 0 Å². The molecular formula is C29H36ClN7O4. The average Bonchev–Trinajstić information content (AvgIpc) is 3.67. The summed E-state index contributed by atoms with van der Waals surface area (Å²) in [4.78, 5) is 31.6. The first-order chi connectivity index (χ1) is 19.9. The summed E-state index contributed by atoms with van der Waals surface area (Å²) in [6.07, 6.45) is 6.71. The molecule has 0 spiro atoms. The lowest BCUT2D eigenvalue weighted by Gasteiger charge is -2.33. The lowest BCUT2D eigenvalue weighted by molar-refractivity contribution is 0.166. The third-order valence-corrected chi connectivity index (χ3v) is 8.71. The molecule has 1 aliphatic carbocycles. The van der Waals surface area contributed by atoms with Gasteiger partial charge in [-0.05, 0) is 49.7 Å². The van der Waals surface area contributed by atoms with Crippen LogP contribution in [0.15, 0.2) is 33.6 Å². The molecule has 41 heavy (non-hydrogen) atoms. The van der Waals surface area contributed by atoms with Gasteiger partial charge in [-0.3, -0.25) is 9.51 Å². The Morgan fingerprint density at radius 1 is 1.02 bits per heavy atom. The number of hydrogen-bond donors (Lipinski definition) is 1. The number of H-pyrrole nitrogens is 1. The highest BCUT2D eigenvalue weighted by Gasteiger charge is 2.38. The fourth-order valence-corrected chi connectivity index (χ4v) is 6.62. The summed E-state index contributed by atoms with van der Waals surface area (Å²) in [6, 6.07) is 7.89. The molecule has 2 atom stereocenters. The van der Waals surface area contributed by atoms with Crippen LogP contribution in [0, 0.1) is 11.8 Å². The minimum absolute atomic E-state index is 0.147. The summed E-state index contributed by atoms with van der Waals surface area (Å²) < 4.78 is 18.4. The predicted octanol–water partition coefficient (Wildman–Crippen LogP) is 4.95. The van der Waals surface area contributed by atoms with E-state index in [1.54, 1.807) is 14.2 Å². The quantitative estimate of drug-likeness (QED) is 0.292. The molecule has 1 saturated heterocycles. The van der Waals surface area contributed by atoms with Gasteiger partial charge in [0.15, 0.2) is 5.65 Å². The second-order valence-electron chi connectivity index (χ2n) is 11.4. The summed E-state index contributed by atoms with van der Waals surface area (Å²) in [5.41, 5.74) is 2.84. The normalized spacial score (nSPS) is 23.1. The molecule has 2 fully saturated rings. The van der Waals surface area contributed by atoms with Crippen LogP contribution in [0.25, 0.3) is 34.1 Å². The van der Waals surface area contributed by atoms with Gasteiger partial charge < -0.3 is 18.9 Å². The number of aromatic amines is 1. The van der Waals surface area contributed by atoms with Gasteiger partial charge in [0.25, 0.3) is 0 Å². The Morgan fingerprint density at radius 2 is 1.76 bits per heavy atom. The minimum Gasteiger partial charge on any atom is -0.383 e. The first-order valence-electron chi connectivity index (χ1n) is 14.3. The van der Waals surface area contributed by atoms with E-state index in [0.717, 1.165) is 55.2 Å². The fourth-order valence-electron chi connectivity index (χ4n) is 6.43. The second-order valence-corrected chi connectivity index (χ2v) is 11.8. The molecule has 0 unspecified atom stereocenters. The van der Waals surface area contributed by atoms with Gasteiger partial charge in [-0.1, -0.05) is 48.7 Å². The molecule has 0 bridgehead atoms. The number of rotatable bonds is 9. The molecule has 2 aliphatic rings. The number of methoxy groups -OCH3 is 2. The number of halogens is 1. The molecule has 4 heterocycles. The lowest BCUT2D eigenvalue weighted by Crippen LogP contribution is -2.42. The van der Waals surface area contributed by atoms with Crippen molar-refractivity contribution in [2.24, 2.45) is 11.8 Å². The Balaban J connectivity index is 1.59. The molecule has 0 amide bonds. The highest BCUT2D eigenvalue weighted by Crippen LogP contribution is 2.39. The monoisotopic (exact) mass is 581 g/mol. The van der Waals surface area contributed by atoms with Crippen molar-refractivity contribution in [3.05, 3.63) is 39.8 Å². The van der Waals surface area contributed by atoms with Gasteiger partial charge in [-0.25, -0.2) is 14.8 Å². The fraction of sp³-hybridized carbons (Fsp3) is 0.552.